The Balaban J connectivity index is 2.12. The number of rotatable bonds is 4. The Morgan fingerprint density at radius 2 is 1.85 bits per heavy atom. The predicted molar refractivity (Wildman–Crippen MR) is 82.2 cm³/mol. The van der Waals surface area contributed by atoms with Gasteiger partial charge in [0.05, 0.1) is 0 Å². The van der Waals surface area contributed by atoms with Crippen molar-refractivity contribution >= 4 is 15.9 Å². The molecule has 0 aliphatic rings. The third kappa shape index (κ3) is 3.58. The zero-order valence-corrected chi connectivity index (χ0v) is 13.0. The van der Waals surface area contributed by atoms with Crippen LogP contribution in [-0.2, 0) is 0 Å². The van der Waals surface area contributed by atoms with Crippen LogP contribution in [0.5, 0.6) is 5.75 Å². The zero-order chi connectivity index (χ0) is 14.7. The molecule has 0 saturated heterocycles. The molecule has 2 aromatic rings. The van der Waals surface area contributed by atoms with Gasteiger partial charge in [0.25, 0.3) is 0 Å². The van der Waals surface area contributed by atoms with Crippen LogP contribution in [0.15, 0.2) is 46.9 Å². The summed E-state index contributed by atoms with van der Waals surface area (Å²) < 4.78 is 14.8. The molecule has 2 unspecified atom stereocenters. The first-order valence-electron chi connectivity index (χ1n) is 6.47. The molecule has 0 radical (unpaired) electrons. The molecule has 2 nitrogen and oxygen atoms in total. The van der Waals surface area contributed by atoms with E-state index in [1.54, 1.807) is 6.07 Å². The van der Waals surface area contributed by atoms with Gasteiger partial charge in [0.1, 0.15) is 11.6 Å². The van der Waals surface area contributed by atoms with Gasteiger partial charge in [-0.15, -0.1) is 0 Å². The Labute approximate surface area is 126 Å². The minimum atomic E-state index is -0.397. The van der Waals surface area contributed by atoms with Gasteiger partial charge in [-0.25, -0.2) is 4.39 Å². The van der Waals surface area contributed by atoms with Crippen molar-refractivity contribution in [3.8, 4) is 5.75 Å². The summed E-state index contributed by atoms with van der Waals surface area (Å²) in [6.07, 6.45) is 0. The van der Waals surface area contributed by atoms with Gasteiger partial charge in [-0.1, -0.05) is 34.1 Å². The molecule has 0 spiro atoms. The normalized spacial score (nSPS) is 14.0. The molecule has 20 heavy (non-hydrogen) atoms. The number of aromatic hydroxyl groups is 1. The van der Waals surface area contributed by atoms with Gasteiger partial charge in [-0.05, 0) is 37.6 Å². The van der Waals surface area contributed by atoms with Crippen LogP contribution in [0.1, 0.15) is 37.1 Å². The van der Waals surface area contributed by atoms with Crippen molar-refractivity contribution in [3.63, 3.8) is 0 Å². The highest BCUT2D eigenvalue weighted by Crippen LogP contribution is 2.25. The highest BCUT2D eigenvalue weighted by Gasteiger charge is 2.15. The van der Waals surface area contributed by atoms with Crippen LogP contribution in [0.25, 0.3) is 0 Å². The topological polar surface area (TPSA) is 32.3 Å². The van der Waals surface area contributed by atoms with Crippen LogP contribution in [0.2, 0.25) is 0 Å². The average molecular weight is 338 g/mol. The van der Waals surface area contributed by atoms with Crippen molar-refractivity contribution in [2.24, 2.45) is 0 Å². The monoisotopic (exact) mass is 337 g/mol. The van der Waals surface area contributed by atoms with Crippen molar-refractivity contribution < 1.29 is 9.50 Å². The summed E-state index contributed by atoms with van der Waals surface area (Å²) >= 11 is 3.45. The summed E-state index contributed by atoms with van der Waals surface area (Å²) in [4.78, 5) is 0. The van der Waals surface area contributed by atoms with Crippen molar-refractivity contribution in [3.05, 3.63) is 63.9 Å². The molecular weight excluding hydrogens is 321 g/mol. The van der Waals surface area contributed by atoms with Gasteiger partial charge in [0, 0.05) is 28.2 Å². The van der Waals surface area contributed by atoms with Crippen LogP contribution in [0, 0.1) is 5.82 Å². The van der Waals surface area contributed by atoms with Crippen molar-refractivity contribution in [1.82, 2.24) is 5.32 Å². The molecule has 0 aliphatic heterocycles. The Morgan fingerprint density at radius 3 is 2.50 bits per heavy atom. The number of phenols is 1. The number of phenolic OH excluding ortho intramolecular Hbond substituents is 1. The minimum Gasteiger partial charge on any atom is -0.508 e. The van der Waals surface area contributed by atoms with Crippen molar-refractivity contribution in [2.45, 2.75) is 25.9 Å². The van der Waals surface area contributed by atoms with E-state index in [0.717, 1.165) is 16.1 Å². The first-order chi connectivity index (χ1) is 9.47. The first-order valence-corrected chi connectivity index (χ1v) is 7.26. The number of nitrogens with one attached hydrogen (secondary N) is 1. The molecule has 2 rings (SSSR count). The number of benzene rings is 2. The molecule has 2 N–H and O–H groups in total. The first kappa shape index (κ1) is 15.0. The van der Waals surface area contributed by atoms with Gasteiger partial charge in [-0.2, -0.15) is 0 Å². The Hall–Kier alpha value is -1.39. The smallest absolute Gasteiger partial charge is 0.131 e. The van der Waals surface area contributed by atoms with E-state index >= 15 is 0 Å². The van der Waals surface area contributed by atoms with Gasteiger partial charge >= 0.3 is 0 Å². The maximum absolute atomic E-state index is 13.8. The van der Waals surface area contributed by atoms with Gasteiger partial charge in [0.2, 0.25) is 0 Å². The van der Waals surface area contributed by atoms with Crippen LogP contribution in [0.4, 0.5) is 4.39 Å². The molecule has 4 heteroatoms. The average Bonchev–Trinajstić information content (AvgIpc) is 2.38. The molecule has 0 fully saturated rings. The standard InChI is InChI=1S/C16H17BrFNO/c1-10(12-4-3-5-13(17)8-12)19-11(2)15-7-6-14(20)9-16(15)18/h3-11,19-20H,1-2H3. The molecule has 2 aromatic carbocycles. The lowest BCUT2D eigenvalue weighted by Crippen LogP contribution is -2.23. The molecular formula is C16H17BrFNO. The summed E-state index contributed by atoms with van der Waals surface area (Å²) in [5, 5.41) is 12.6. The van der Waals surface area contributed by atoms with E-state index in [-0.39, 0.29) is 17.8 Å². The van der Waals surface area contributed by atoms with Gasteiger partial charge in [-0.3, -0.25) is 0 Å². The lowest BCUT2D eigenvalue weighted by molar-refractivity contribution is 0.454. The molecule has 0 aliphatic carbocycles. The number of hydrogen-bond donors (Lipinski definition) is 2. The third-order valence-corrected chi connectivity index (χ3v) is 3.79. The van der Waals surface area contributed by atoms with E-state index < -0.39 is 5.82 Å². The van der Waals surface area contributed by atoms with Crippen LogP contribution in [0.3, 0.4) is 0 Å². The molecule has 106 valence electrons. The highest BCUT2D eigenvalue weighted by molar-refractivity contribution is 9.10. The fraction of sp³-hybridized carbons (Fsp3) is 0.250. The molecule has 0 saturated carbocycles. The maximum atomic E-state index is 13.8. The van der Waals surface area contributed by atoms with E-state index in [2.05, 4.69) is 21.2 Å². The summed E-state index contributed by atoms with van der Waals surface area (Å²) in [5.74, 6) is -0.454. The molecule has 0 aromatic heterocycles. The highest BCUT2D eigenvalue weighted by atomic mass is 79.9. The second kappa shape index (κ2) is 6.37. The summed E-state index contributed by atoms with van der Waals surface area (Å²) in [7, 11) is 0. The maximum Gasteiger partial charge on any atom is 0.131 e. The molecule has 0 amide bonds. The van der Waals surface area contributed by atoms with E-state index in [1.807, 2.05) is 38.1 Å². The second-order valence-electron chi connectivity index (χ2n) is 4.87. The van der Waals surface area contributed by atoms with Crippen molar-refractivity contribution in [1.29, 1.82) is 0 Å². The Bertz CT molecular complexity index is 603. The van der Waals surface area contributed by atoms with Crippen LogP contribution in [-0.4, -0.2) is 5.11 Å². The van der Waals surface area contributed by atoms with Gasteiger partial charge in [0.15, 0.2) is 0 Å². The van der Waals surface area contributed by atoms with E-state index in [0.29, 0.717) is 5.56 Å². The van der Waals surface area contributed by atoms with Gasteiger partial charge < -0.3 is 10.4 Å². The third-order valence-electron chi connectivity index (χ3n) is 3.30. The molecule has 0 bridgehead atoms. The SMILES string of the molecule is CC(NC(C)c1ccc(O)cc1F)c1cccc(Br)c1. The largest absolute Gasteiger partial charge is 0.508 e. The molecule has 0 heterocycles. The summed E-state index contributed by atoms with van der Waals surface area (Å²) in [6, 6.07) is 12.2. The minimum absolute atomic E-state index is 0.0570. The Kier molecular flexibility index (Phi) is 4.78. The summed E-state index contributed by atoms with van der Waals surface area (Å²) in [6.45, 7) is 3.94. The number of halogens is 2. The fourth-order valence-electron chi connectivity index (χ4n) is 2.20. The number of hydrogen-bond acceptors (Lipinski definition) is 2. The van der Waals surface area contributed by atoms with E-state index in [9.17, 15) is 9.50 Å². The molecule has 2 atom stereocenters. The van der Waals surface area contributed by atoms with E-state index in [4.69, 9.17) is 0 Å². The van der Waals surface area contributed by atoms with Crippen molar-refractivity contribution in [2.75, 3.05) is 0 Å². The fourth-order valence-corrected chi connectivity index (χ4v) is 2.62. The van der Waals surface area contributed by atoms with E-state index in [1.165, 1.54) is 6.07 Å². The zero-order valence-electron chi connectivity index (χ0n) is 11.4. The quantitative estimate of drug-likeness (QED) is 0.847. The summed E-state index contributed by atoms with van der Waals surface area (Å²) in [5.41, 5.74) is 1.68. The van der Waals surface area contributed by atoms with Crippen LogP contribution >= 0.6 is 15.9 Å². The Morgan fingerprint density at radius 1 is 1.10 bits per heavy atom. The van der Waals surface area contributed by atoms with Crippen LogP contribution < -0.4 is 5.32 Å². The predicted octanol–water partition coefficient (Wildman–Crippen LogP) is 4.71. The lowest BCUT2D eigenvalue weighted by atomic mass is 10.0. The lowest BCUT2D eigenvalue weighted by Gasteiger charge is -2.21. The second-order valence-corrected chi connectivity index (χ2v) is 5.79.